The highest BCUT2D eigenvalue weighted by Crippen LogP contribution is 2.21. The molecule has 1 amide bonds. The smallest absolute Gasteiger partial charge is 0.281 e. The number of hydrogen-bond acceptors (Lipinski definition) is 4. The van der Waals surface area contributed by atoms with E-state index in [1.807, 2.05) is 31.4 Å². The summed E-state index contributed by atoms with van der Waals surface area (Å²) >= 11 is 1.60. The van der Waals surface area contributed by atoms with Gasteiger partial charge in [-0.3, -0.25) is 4.79 Å². The molecule has 1 heterocycles. The third-order valence-electron chi connectivity index (χ3n) is 3.99. The molecule has 1 aromatic carbocycles. The Bertz CT molecular complexity index is 681. The maximum atomic E-state index is 12.7. The molecular formula is C15H23N3O3S2. The molecule has 23 heavy (non-hydrogen) atoms. The first-order valence-corrected chi connectivity index (χ1v) is 10.0. The molecular weight excluding hydrogens is 334 g/mol. The SMILES string of the molecule is CSc1ccc(C)c(C(=O)N2CCN(S(=O)(=O)N(C)C)CC2)c1. The van der Waals surface area contributed by atoms with Crippen LogP contribution in [0, 0.1) is 6.92 Å². The standard InChI is InChI=1S/C15H23N3O3S2/c1-12-5-6-13(22-4)11-14(12)15(19)17-7-9-18(10-8-17)23(20,21)16(2)3/h5-6,11H,7-10H2,1-4H3. The predicted molar refractivity (Wildman–Crippen MR) is 93.0 cm³/mol. The number of rotatable bonds is 4. The number of aryl methyl sites for hydroxylation is 1. The molecule has 0 aromatic heterocycles. The topological polar surface area (TPSA) is 60.9 Å². The molecule has 0 aliphatic carbocycles. The minimum Gasteiger partial charge on any atom is -0.336 e. The van der Waals surface area contributed by atoms with Crippen LogP contribution in [-0.4, -0.2) is 74.4 Å². The van der Waals surface area contributed by atoms with Crippen LogP contribution in [0.5, 0.6) is 0 Å². The fraction of sp³-hybridized carbons (Fsp3) is 0.533. The van der Waals surface area contributed by atoms with Crippen molar-refractivity contribution in [1.82, 2.24) is 13.5 Å². The molecule has 1 aliphatic heterocycles. The van der Waals surface area contributed by atoms with Crippen LogP contribution in [0.1, 0.15) is 15.9 Å². The van der Waals surface area contributed by atoms with Crippen LogP contribution in [-0.2, 0) is 10.2 Å². The average Bonchev–Trinajstić information content (AvgIpc) is 2.54. The van der Waals surface area contributed by atoms with E-state index in [2.05, 4.69) is 0 Å². The van der Waals surface area contributed by atoms with Gasteiger partial charge in [0, 0.05) is 50.7 Å². The number of nitrogens with zero attached hydrogens (tertiary/aromatic N) is 3. The Labute approximate surface area is 142 Å². The molecule has 0 bridgehead atoms. The van der Waals surface area contributed by atoms with Crippen molar-refractivity contribution in [2.45, 2.75) is 11.8 Å². The maximum absolute atomic E-state index is 12.7. The quantitative estimate of drug-likeness (QED) is 0.762. The fourth-order valence-electron chi connectivity index (χ4n) is 2.48. The summed E-state index contributed by atoms with van der Waals surface area (Å²) in [6.07, 6.45) is 1.98. The maximum Gasteiger partial charge on any atom is 0.281 e. The molecule has 1 fully saturated rings. The highest BCUT2D eigenvalue weighted by Gasteiger charge is 2.30. The van der Waals surface area contributed by atoms with Gasteiger partial charge in [0.25, 0.3) is 16.1 Å². The Morgan fingerprint density at radius 3 is 2.30 bits per heavy atom. The molecule has 6 nitrogen and oxygen atoms in total. The minimum atomic E-state index is -3.41. The van der Waals surface area contributed by atoms with Gasteiger partial charge in [-0.1, -0.05) is 6.07 Å². The second-order valence-corrected chi connectivity index (χ2v) is 8.68. The van der Waals surface area contributed by atoms with Crippen molar-refractivity contribution in [3.63, 3.8) is 0 Å². The van der Waals surface area contributed by atoms with Gasteiger partial charge in [0.15, 0.2) is 0 Å². The van der Waals surface area contributed by atoms with Crippen molar-refractivity contribution in [2.24, 2.45) is 0 Å². The molecule has 1 aromatic rings. The van der Waals surface area contributed by atoms with Crippen molar-refractivity contribution in [2.75, 3.05) is 46.5 Å². The van der Waals surface area contributed by atoms with E-state index in [1.54, 1.807) is 16.7 Å². The van der Waals surface area contributed by atoms with Crippen molar-refractivity contribution in [3.8, 4) is 0 Å². The number of piperazine rings is 1. The van der Waals surface area contributed by atoms with Crippen LogP contribution in [0.3, 0.4) is 0 Å². The molecule has 0 radical (unpaired) electrons. The first-order valence-electron chi connectivity index (χ1n) is 7.39. The van der Waals surface area contributed by atoms with Gasteiger partial charge in [0.2, 0.25) is 0 Å². The lowest BCUT2D eigenvalue weighted by molar-refractivity contribution is 0.0694. The highest BCUT2D eigenvalue weighted by atomic mass is 32.2. The predicted octanol–water partition coefficient (Wildman–Crippen LogP) is 1.28. The first-order chi connectivity index (χ1) is 10.8. The van der Waals surface area contributed by atoms with E-state index in [0.717, 1.165) is 10.5 Å². The van der Waals surface area contributed by atoms with Crippen molar-refractivity contribution < 1.29 is 13.2 Å². The van der Waals surface area contributed by atoms with E-state index in [-0.39, 0.29) is 5.91 Å². The van der Waals surface area contributed by atoms with E-state index < -0.39 is 10.2 Å². The van der Waals surface area contributed by atoms with Crippen LogP contribution < -0.4 is 0 Å². The number of carbonyl (C=O) groups is 1. The van der Waals surface area contributed by atoms with Gasteiger partial charge in [-0.25, -0.2) is 0 Å². The second kappa shape index (κ2) is 7.21. The van der Waals surface area contributed by atoms with Crippen LogP contribution in [0.15, 0.2) is 23.1 Å². The second-order valence-electron chi connectivity index (χ2n) is 5.66. The molecule has 8 heteroatoms. The highest BCUT2D eigenvalue weighted by molar-refractivity contribution is 7.98. The zero-order valence-corrected chi connectivity index (χ0v) is 15.6. The number of amides is 1. The Kier molecular flexibility index (Phi) is 5.72. The number of thioether (sulfide) groups is 1. The summed E-state index contributed by atoms with van der Waals surface area (Å²) in [6.45, 7) is 3.40. The summed E-state index contributed by atoms with van der Waals surface area (Å²) in [5.74, 6) is -0.0275. The van der Waals surface area contributed by atoms with E-state index in [9.17, 15) is 13.2 Å². The fourth-order valence-corrected chi connectivity index (χ4v) is 4.01. The lowest BCUT2D eigenvalue weighted by Gasteiger charge is -2.35. The monoisotopic (exact) mass is 357 g/mol. The largest absolute Gasteiger partial charge is 0.336 e. The normalized spacial score (nSPS) is 16.8. The van der Waals surface area contributed by atoms with Gasteiger partial charge in [-0.05, 0) is 30.9 Å². The summed E-state index contributed by atoms with van der Waals surface area (Å²) in [5, 5.41) is 0. The minimum absolute atomic E-state index is 0.0275. The van der Waals surface area contributed by atoms with Gasteiger partial charge in [-0.2, -0.15) is 17.0 Å². The number of hydrogen-bond donors (Lipinski definition) is 0. The third-order valence-corrected chi connectivity index (χ3v) is 6.65. The van der Waals surface area contributed by atoms with E-state index in [0.29, 0.717) is 31.7 Å². The van der Waals surface area contributed by atoms with Crippen molar-refractivity contribution >= 4 is 27.9 Å². The van der Waals surface area contributed by atoms with Crippen LogP contribution >= 0.6 is 11.8 Å². The van der Waals surface area contributed by atoms with Gasteiger partial charge in [0.05, 0.1) is 0 Å². The summed E-state index contributed by atoms with van der Waals surface area (Å²) in [6, 6.07) is 5.86. The molecule has 0 unspecified atom stereocenters. The van der Waals surface area contributed by atoms with Crippen LogP contribution in [0.25, 0.3) is 0 Å². The van der Waals surface area contributed by atoms with Crippen molar-refractivity contribution in [3.05, 3.63) is 29.3 Å². The summed E-state index contributed by atoms with van der Waals surface area (Å²) in [5.41, 5.74) is 1.64. The molecule has 0 atom stereocenters. The third kappa shape index (κ3) is 3.88. The summed E-state index contributed by atoms with van der Waals surface area (Å²) in [7, 11) is -0.371. The number of carbonyl (C=O) groups excluding carboxylic acids is 1. The number of benzene rings is 1. The zero-order valence-electron chi connectivity index (χ0n) is 13.9. The summed E-state index contributed by atoms with van der Waals surface area (Å²) in [4.78, 5) is 15.5. The van der Waals surface area contributed by atoms with Gasteiger partial charge >= 0.3 is 0 Å². The van der Waals surface area contributed by atoms with E-state index in [1.165, 1.54) is 22.7 Å². The molecule has 128 valence electrons. The Morgan fingerprint density at radius 1 is 1.17 bits per heavy atom. The molecule has 0 saturated carbocycles. The van der Waals surface area contributed by atoms with Crippen LogP contribution in [0.4, 0.5) is 0 Å². The lowest BCUT2D eigenvalue weighted by atomic mass is 10.1. The zero-order chi connectivity index (χ0) is 17.2. The molecule has 0 spiro atoms. The Morgan fingerprint density at radius 2 is 1.78 bits per heavy atom. The van der Waals surface area contributed by atoms with Gasteiger partial charge < -0.3 is 4.90 Å². The lowest BCUT2D eigenvalue weighted by Crippen LogP contribution is -2.53. The Hall–Kier alpha value is -1.09. The van der Waals surface area contributed by atoms with E-state index >= 15 is 0 Å². The molecule has 1 aliphatic rings. The van der Waals surface area contributed by atoms with Crippen LogP contribution in [0.2, 0.25) is 0 Å². The Balaban J connectivity index is 2.10. The summed E-state index contributed by atoms with van der Waals surface area (Å²) < 4.78 is 26.9. The van der Waals surface area contributed by atoms with Crippen molar-refractivity contribution in [1.29, 1.82) is 0 Å². The first kappa shape index (κ1) is 18.3. The molecule has 0 N–H and O–H groups in total. The average molecular weight is 358 g/mol. The van der Waals surface area contributed by atoms with Gasteiger partial charge in [0.1, 0.15) is 0 Å². The molecule has 2 rings (SSSR count). The molecule has 1 saturated heterocycles. The van der Waals surface area contributed by atoms with Gasteiger partial charge in [-0.15, -0.1) is 11.8 Å². The van der Waals surface area contributed by atoms with E-state index in [4.69, 9.17) is 0 Å².